The zero-order valence-corrected chi connectivity index (χ0v) is 7.08. The van der Waals surface area contributed by atoms with Crippen LogP contribution in [0.2, 0.25) is 0 Å². The summed E-state index contributed by atoms with van der Waals surface area (Å²) in [6.45, 7) is 0. The Morgan fingerprint density at radius 3 is 3.00 bits per heavy atom. The first-order chi connectivity index (χ1) is 6.29. The van der Waals surface area contributed by atoms with Crippen LogP contribution in [0.25, 0.3) is 10.6 Å². The summed E-state index contributed by atoms with van der Waals surface area (Å²) < 4.78 is 3.85. The molecule has 0 unspecified atom stereocenters. The van der Waals surface area contributed by atoms with Crippen molar-refractivity contribution in [3.8, 4) is 10.6 Å². The molecule has 0 amide bonds. The van der Waals surface area contributed by atoms with Gasteiger partial charge in [-0.25, -0.2) is 9.17 Å². The van der Waals surface area contributed by atoms with Gasteiger partial charge in [-0.3, -0.25) is 0 Å². The molecule has 2 rings (SSSR count). The first kappa shape index (κ1) is 7.87. The Morgan fingerprint density at radius 2 is 2.38 bits per heavy atom. The summed E-state index contributed by atoms with van der Waals surface area (Å²) in [4.78, 5) is 11.3. The topological polar surface area (TPSA) is 91.8 Å². The Bertz CT molecular complexity index is 422. The van der Waals surface area contributed by atoms with Crippen LogP contribution >= 0.6 is 11.5 Å². The smallest absolute Gasteiger partial charge is 0.358 e. The van der Waals surface area contributed by atoms with Crippen molar-refractivity contribution in [1.29, 1.82) is 0 Å². The minimum atomic E-state index is -1.10. The van der Waals surface area contributed by atoms with Gasteiger partial charge in [0.2, 0.25) is 0 Å². The summed E-state index contributed by atoms with van der Waals surface area (Å²) in [7, 11) is 0. The molecule has 66 valence electrons. The molecule has 2 N–H and O–H groups in total. The number of rotatable bonds is 2. The zero-order chi connectivity index (χ0) is 9.26. The molecule has 0 aliphatic carbocycles. The largest absolute Gasteiger partial charge is 0.476 e. The van der Waals surface area contributed by atoms with Gasteiger partial charge in [0, 0.05) is 6.20 Å². The molecule has 2 aromatic rings. The van der Waals surface area contributed by atoms with Crippen molar-refractivity contribution in [2.24, 2.45) is 0 Å². The van der Waals surface area contributed by atoms with Crippen molar-refractivity contribution in [3.63, 3.8) is 0 Å². The predicted octanol–water partition coefficient (Wildman–Crippen LogP) is 0.626. The number of hydrogen-bond donors (Lipinski definition) is 2. The highest BCUT2D eigenvalue weighted by molar-refractivity contribution is 7.09. The maximum absolute atomic E-state index is 10.6. The highest BCUT2D eigenvalue weighted by Gasteiger charge is 2.17. The summed E-state index contributed by atoms with van der Waals surface area (Å²) in [5, 5.41) is 18.2. The average Bonchev–Trinajstić information content (AvgIpc) is 2.74. The predicted molar refractivity (Wildman–Crippen MR) is 44.5 cm³/mol. The third-order valence-electron chi connectivity index (χ3n) is 1.42. The molecule has 2 heterocycles. The van der Waals surface area contributed by atoms with E-state index in [1.807, 2.05) is 0 Å². The minimum Gasteiger partial charge on any atom is -0.476 e. The average molecular weight is 196 g/mol. The normalized spacial score (nSPS) is 10.2. The van der Waals surface area contributed by atoms with Crippen molar-refractivity contribution >= 4 is 17.5 Å². The lowest BCUT2D eigenvalue weighted by Gasteiger charge is -1.88. The summed E-state index contributed by atoms with van der Waals surface area (Å²) in [5.74, 6) is -1.10. The molecule has 0 aliphatic rings. The SMILES string of the molecule is O=C(O)c1n[nH]nc1-c1ccns1. The molecule has 0 saturated heterocycles. The number of nitrogens with zero attached hydrogens (tertiary/aromatic N) is 3. The summed E-state index contributed by atoms with van der Waals surface area (Å²) in [6.07, 6.45) is 1.58. The van der Waals surface area contributed by atoms with E-state index in [2.05, 4.69) is 19.8 Å². The van der Waals surface area contributed by atoms with Gasteiger partial charge < -0.3 is 5.11 Å². The molecule has 2 aromatic heterocycles. The van der Waals surface area contributed by atoms with Crippen molar-refractivity contribution in [2.75, 3.05) is 0 Å². The minimum absolute atomic E-state index is 0.0794. The second kappa shape index (κ2) is 2.94. The van der Waals surface area contributed by atoms with Gasteiger partial charge in [-0.05, 0) is 17.6 Å². The summed E-state index contributed by atoms with van der Waals surface area (Å²) in [6, 6.07) is 1.69. The molecular weight excluding hydrogens is 192 g/mol. The highest BCUT2D eigenvalue weighted by atomic mass is 32.1. The van der Waals surface area contributed by atoms with Gasteiger partial charge in [0.15, 0.2) is 5.69 Å². The summed E-state index contributed by atoms with van der Waals surface area (Å²) in [5.41, 5.74) is 0.249. The Hall–Kier alpha value is -1.76. The Balaban J connectivity index is 2.52. The second-order valence-corrected chi connectivity index (χ2v) is 3.04. The standard InChI is InChI=1S/C6H4N4O2S/c11-6(12)5-4(8-10-9-5)3-1-2-7-13-3/h1-2H,(H,11,12)(H,8,9,10). The van der Waals surface area contributed by atoms with E-state index in [9.17, 15) is 4.79 Å². The Morgan fingerprint density at radius 1 is 1.54 bits per heavy atom. The third-order valence-corrected chi connectivity index (χ3v) is 2.17. The second-order valence-electron chi connectivity index (χ2n) is 2.20. The van der Waals surface area contributed by atoms with E-state index in [1.54, 1.807) is 12.3 Å². The zero-order valence-electron chi connectivity index (χ0n) is 6.26. The quantitative estimate of drug-likeness (QED) is 0.734. The molecule has 0 aliphatic heterocycles. The molecular formula is C6H4N4O2S. The molecule has 0 aromatic carbocycles. The van der Waals surface area contributed by atoms with Crippen molar-refractivity contribution in [2.45, 2.75) is 0 Å². The van der Waals surface area contributed by atoms with Gasteiger partial charge in [-0.2, -0.15) is 10.3 Å². The summed E-state index contributed by atoms with van der Waals surface area (Å²) >= 11 is 1.18. The highest BCUT2D eigenvalue weighted by Crippen LogP contribution is 2.22. The first-order valence-corrected chi connectivity index (χ1v) is 4.11. The van der Waals surface area contributed by atoms with Gasteiger partial charge >= 0.3 is 5.97 Å². The van der Waals surface area contributed by atoms with Crippen LogP contribution in [0, 0.1) is 0 Å². The first-order valence-electron chi connectivity index (χ1n) is 3.34. The number of aromatic nitrogens is 4. The van der Waals surface area contributed by atoms with Crippen LogP contribution in [-0.2, 0) is 0 Å². The van der Waals surface area contributed by atoms with Crippen molar-refractivity contribution < 1.29 is 9.90 Å². The molecule has 6 nitrogen and oxygen atoms in total. The van der Waals surface area contributed by atoms with E-state index in [4.69, 9.17) is 5.11 Å². The van der Waals surface area contributed by atoms with Gasteiger partial charge in [-0.15, -0.1) is 5.10 Å². The maximum Gasteiger partial charge on any atom is 0.358 e. The fourth-order valence-corrected chi connectivity index (χ4v) is 1.48. The van der Waals surface area contributed by atoms with Crippen LogP contribution < -0.4 is 0 Å². The van der Waals surface area contributed by atoms with Gasteiger partial charge in [0.25, 0.3) is 0 Å². The molecule has 0 saturated carbocycles. The molecule has 7 heteroatoms. The van der Waals surface area contributed by atoms with E-state index in [1.165, 1.54) is 11.5 Å². The molecule has 0 atom stereocenters. The molecule has 0 spiro atoms. The Kier molecular flexibility index (Phi) is 1.78. The van der Waals surface area contributed by atoms with E-state index < -0.39 is 5.97 Å². The number of nitrogens with one attached hydrogen (secondary N) is 1. The fourth-order valence-electron chi connectivity index (χ4n) is 0.890. The Labute approximate surface area is 76.4 Å². The van der Waals surface area contributed by atoms with E-state index in [0.29, 0.717) is 10.6 Å². The number of aromatic carboxylic acids is 1. The lowest BCUT2D eigenvalue weighted by Crippen LogP contribution is -1.98. The van der Waals surface area contributed by atoms with Crippen LogP contribution in [0.5, 0.6) is 0 Å². The van der Waals surface area contributed by atoms with E-state index >= 15 is 0 Å². The monoisotopic (exact) mass is 196 g/mol. The van der Waals surface area contributed by atoms with E-state index in [-0.39, 0.29) is 5.69 Å². The van der Waals surface area contributed by atoms with Crippen LogP contribution in [0.1, 0.15) is 10.5 Å². The molecule has 0 fully saturated rings. The van der Waals surface area contributed by atoms with Crippen LogP contribution in [0.3, 0.4) is 0 Å². The maximum atomic E-state index is 10.6. The number of carboxylic acids is 1. The molecule has 13 heavy (non-hydrogen) atoms. The number of aromatic amines is 1. The lowest BCUT2D eigenvalue weighted by atomic mass is 10.3. The van der Waals surface area contributed by atoms with Crippen molar-refractivity contribution in [3.05, 3.63) is 18.0 Å². The molecule has 0 radical (unpaired) electrons. The van der Waals surface area contributed by atoms with Crippen LogP contribution in [0.15, 0.2) is 12.3 Å². The third kappa shape index (κ3) is 1.29. The number of H-pyrrole nitrogens is 1. The van der Waals surface area contributed by atoms with Gasteiger partial charge in [0.05, 0.1) is 4.88 Å². The number of carbonyl (C=O) groups is 1. The van der Waals surface area contributed by atoms with Gasteiger partial charge in [-0.1, -0.05) is 0 Å². The van der Waals surface area contributed by atoms with Crippen LogP contribution in [0.4, 0.5) is 0 Å². The fraction of sp³-hybridized carbons (Fsp3) is 0. The molecule has 0 bridgehead atoms. The van der Waals surface area contributed by atoms with E-state index in [0.717, 1.165) is 0 Å². The number of hydrogen-bond acceptors (Lipinski definition) is 5. The van der Waals surface area contributed by atoms with Crippen LogP contribution in [-0.4, -0.2) is 30.9 Å². The van der Waals surface area contributed by atoms with Gasteiger partial charge in [0.1, 0.15) is 5.69 Å². The number of carboxylic acid groups (broad SMARTS) is 1. The lowest BCUT2D eigenvalue weighted by molar-refractivity contribution is 0.0691. The van der Waals surface area contributed by atoms with Crippen molar-refractivity contribution in [1.82, 2.24) is 19.8 Å².